The predicted molar refractivity (Wildman–Crippen MR) is 65.1 cm³/mol. The summed E-state index contributed by atoms with van der Waals surface area (Å²) in [5.41, 5.74) is 2.50. The minimum absolute atomic E-state index is 0.680. The largest absolute Gasteiger partial charge is 0.383 e. The molecule has 2 nitrogen and oxygen atoms in total. The van der Waals surface area contributed by atoms with Gasteiger partial charge >= 0.3 is 0 Å². The highest BCUT2D eigenvalue weighted by Crippen LogP contribution is 2.35. The minimum Gasteiger partial charge on any atom is -0.383 e. The highest BCUT2D eigenvalue weighted by molar-refractivity contribution is 9.10. The van der Waals surface area contributed by atoms with Gasteiger partial charge in [-0.25, -0.2) is 0 Å². The van der Waals surface area contributed by atoms with Crippen molar-refractivity contribution in [1.82, 2.24) is 0 Å². The molecule has 2 rings (SSSR count). The van der Waals surface area contributed by atoms with Gasteiger partial charge in [0.05, 0.1) is 11.4 Å². The smallest absolute Gasteiger partial charge is 0.0743 e. The molecule has 0 fully saturated rings. The summed E-state index contributed by atoms with van der Waals surface area (Å²) in [5, 5.41) is 3.47. The third-order valence-electron chi connectivity index (χ3n) is 2.60. The van der Waals surface area contributed by atoms with Crippen LogP contribution in [0.3, 0.4) is 0 Å². The van der Waals surface area contributed by atoms with Crippen molar-refractivity contribution < 1.29 is 0 Å². The summed E-state index contributed by atoms with van der Waals surface area (Å²) < 4.78 is 1.17. The predicted octanol–water partition coefficient (Wildman–Crippen LogP) is 2.95. The molecule has 0 aliphatic carbocycles. The average Bonchev–Trinajstić information content (AvgIpc) is 2.27. The summed E-state index contributed by atoms with van der Waals surface area (Å²) in [6.45, 7) is 4.42. The van der Waals surface area contributed by atoms with Crippen LogP contribution in [0.2, 0.25) is 0 Å². The van der Waals surface area contributed by atoms with Crippen molar-refractivity contribution in [3.05, 3.63) is 22.7 Å². The van der Waals surface area contributed by atoms with Crippen LogP contribution in [0.5, 0.6) is 0 Å². The van der Waals surface area contributed by atoms with Crippen LogP contribution in [0, 0.1) is 5.92 Å². The van der Waals surface area contributed by atoms with E-state index in [2.05, 4.69) is 58.3 Å². The van der Waals surface area contributed by atoms with Gasteiger partial charge in [0, 0.05) is 24.6 Å². The van der Waals surface area contributed by atoms with E-state index in [4.69, 9.17) is 0 Å². The number of hydrogen-bond donors (Lipinski definition) is 1. The molecule has 0 saturated heterocycles. The summed E-state index contributed by atoms with van der Waals surface area (Å²) in [4.78, 5) is 2.31. The van der Waals surface area contributed by atoms with Crippen LogP contribution in [-0.4, -0.2) is 20.1 Å². The van der Waals surface area contributed by atoms with Crippen LogP contribution < -0.4 is 10.2 Å². The molecule has 0 amide bonds. The van der Waals surface area contributed by atoms with E-state index >= 15 is 0 Å². The molecule has 1 aromatic rings. The maximum atomic E-state index is 3.60. The third kappa shape index (κ3) is 1.73. The van der Waals surface area contributed by atoms with Gasteiger partial charge in [-0.1, -0.05) is 13.0 Å². The lowest BCUT2D eigenvalue weighted by Gasteiger charge is -2.21. The molecule has 1 heterocycles. The molecule has 0 radical (unpaired) electrons. The van der Waals surface area contributed by atoms with Gasteiger partial charge in [-0.15, -0.1) is 0 Å². The van der Waals surface area contributed by atoms with Crippen molar-refractivity contribution in [3.63, 3.8) is 0 Å². The third-order valence-corrected chi connectivity index (χ3v) is 3.23. The van der Waals surface area contributed by atoms with Crippen molar-refractivity contribution in [2.45, 2.75) is 6.92 Å². The normalized spacial score (nSPS) is 21.1. The zero-order chi connectivity index (χ0) is 10.1. The molecule has 1 aliphatic heterocycles. The molecule has 0 bridgehead atoms. The Morgan fingerprint density at radius 1 is 1.50 bits per heavy atom. The molecule has 0 spiro atoms. The summed E-state index contributed by atoms with van der Waals surface area (Å²) in [6, 6.07) is 6.29. The Kier molecular flexibility index (Phi) is 2.68. The Morgan fingerprint density at radius 3 is 3.07 bits per heavy atom. The second-order valence-electron chi connectivity index (χ2n) is 4.00. The molecule has 0 aromatic heterocycles. The number of anilines is 2. The molecule has 1 N–H and O–H groups in total. The van der Waals surface area contributed by atoms with E-state index in [1.54, 1.807) is 0 Å². The Hall–Kier alpha value is -0.700. The van der Waals surface area contributed by atoms with E-state index in [1.807, 2.05) is 0 Å². The number of benzene rings is 1. The number of nitrogens with one attached hydrogen (secondary N) is 1. The highest BCUT2D eigenvalue weighted by Gasteiger charge is 2.17. The van der Waals surface area contributed by atoms with Crippen molar-refractivity contribution in [2.24, 2.45) is 5.92 Å². The second kappa shape index (κ2) is 3.81. The topological polar surface area (TPSA) is 15.3 Å². The zero-order valence-corrected chi connectivity index (χ0v) is 10.1. The lowest BCUT2D eigenvalue weighted by Crippen LogP contribution is -2.24. The number of halogens is 1. The van der Waals surface area contributed by atoms with Gasteiger partial charge in [0.1, 0.15) is 0 Å². The molecule has 1 aliphatic rings. The van der Waals surface area contributed by atoms with Crippen molar-refractivity contribution in [3.8, 4) is 0 Å². The number of fused-ring (bicyclic) bond motifs is 1. The highest BCUT2D eigenvalue weighted by atomic mass is 79.9. The molecule has 14 heavy (non-hydrogen) atoms. The second-order valence-corrected chi connectivity index (χ2v) is 4.86. The monoisotopic (exact) mass is 254 g/mol. The SMILES string of the molecule is CC1CNc2cccc(Br)c2N(C)C1. The summed E-state index contributed by atoms with van der Waals surface area (Å²) in [5.74, 6) is 0.680. The quantitative estimate of drug-likeness (QED) is 0.766. The van der Waals surface area contributed by atoms with Gasteiger partial charge in [-0.3, -0.25) is 0 Å². The van der Waals surface area contributed by atoms with E-state index in [0.717, 1.165) is 13.1 Å². The first kappa shape index (κ1) is 9.84. The van der Waals surface area contributed by atoms with Gasteiger partial charge in [0.2, 0.25) is 0 Å². The fourth-order valence-corrected chi connectivity index (χ4v) is 2.62. The van der Waals surface area contributed by atoms with Crippen LogP contribution in [0.1, 0.15) is 6.92 Å². The maximum absolute atomic E-state index is 3.60. The molecular formula is C11H15BrN2. The molecule has 1 aromatic carbocycles. The fraction of sp³-hybridized carbons (Fsp3) is 0.455. The van der Waals surface area contributed by atoms with Crippen LogP contribution in [0.15, 0.2) is 22.7 Å². The van der Waals surface area contributed by atoms with Crippen molar-refractivity contribution >= 4 is 27.3 Å². The van der Waals surface area contributed by atoms with Gasteiger partial charge in [0.25, 0.3) is 0 Å². The average molecular weight is 255 g/mol. The first-order chi connectivity index (χ1) is 6.68. The Labute approximate surface area is 93.4 Å². The van der Waals surface area contributed by atoms with Crippen molar-refractivity contribution in [2.75, 3.05) is 30.4 Å². The Bertz CT molecular complexity index is 338. The molecule has 0 saturated carbocycles. The molecule has 3 heteroatoms. The summed E-state index contributed by atoms with van der Waals surface area (Å²) in [6.07, 6.45) is 0. The molecule has 76 valence electrons. The van der Waals surface area contributed by atoms with E-state index in [-0.39, 0.29) is 0 Å². The molecule has 1 unspecified atom stereocenters. The summed E-state index contributed by atoms with van der Waals surface area (Å²) >= 11 is 3.60. The number of hydrogen-bond acceptors (Lipinski definition) is 2. The number of para-hydroxylation sites is 1. The van der Waals surface area contributed by atoms with Gasteiger partial charge < -0.3 is 10.2 Å². The van der Waals surface area contributed by atoms with E-state index in [1.165, 1.54) is 15.8 Å². The van der Waals surface area contributed by atoms with E-state index < -0.39 is 0 Å². The van der Waals surface area contributed by atoms with Crippen LogP contribution in [0.25, 0.3) is 0 Å². The fourth-order valence-electron chi connectivity index (χ4n) is 1.95. The first-order valence-corrected chi connectivity index (χ1v) is 5.71. The lowest BCUT2D eigenvalue weighted by molar-refractivity contribution is 0.617. The van der Waals surface area contributed by atoms with Crippen LogP contribution >= 0.6 is 15.9 Å². The lowest BCUT2D eigenvalue weighted by atomic mass is 10.2. The standard InChI is InChI=1S/C11H15BrN2/c1-8-6-13-10-5-3-4-9(12)11(10)14(2)7-8/h3-5,8,13H,6-7H2,1-2H3. The molecule has 1 atom stereocenters. The van der Waals surface area contributed by atoms with Crippen LogP contribution in [0.4, 0.5) is 11.4 Å². The van der Waals surface area contributed by atoms with E-state index in [0.29, 0.717) is 5.92 Å². The maximum Gasteiger partial charge on any atom is 0.0743 e. The van der Waals surface area contributed by atoms with E-state index in [9.17, 15) is 0 Å². The van der Waals surface area contributed by atoms with Crippen molar-refractivity contribution in [1.29, 1.82) is 0 Å². The molecular weight excluding hydrogens is 240 g/mol. The van der Waals surface area contributed by atoms with Gasteiger partial charge in [0.15, 0.2) is 0 Å². The minimum atomic E-state index is 0.680. The Morgan fingerprint density at radius 2 is 2.29 bits per heavy atom. The number of rotatable bonds is 0. The first-order valence-electron chi connectivity index (χ1n) is 4.92. The van der Waals surface area contributed by atoms with Gasteiger partial charge in [-0.05, 0) is 34.0 Å². The zero-order valence-electron chi connectivity index (χ0n) is 8.55. The number of nitrogens with zero attached hydrogens (tertiary/aromatic N) is 1. The summed E-state index contributed by atoms with van der Waals surface area (Å²) in [7, 11) is 2.15. The van der Waals surface area contributed by atoms with Gasteiger partial charge in [-0.2, -0.15) is 0 Å². The van der Waals surface area contributed by atoms with Crippen LogP contribution in [-0.2, 0) is 0 Å². The Balaban J connectivity index is 2.44.